The third kappa shape index (κ3) is 2.45. The van der Waals surface area contributed by atoms with E-state index < -0.39 is 0 Å². The van der Waals surface area contributed by atoms with Crippen molar-refractivity contribution in [2.75, 3.05) is 19.8 Å². The predicted octanol–water partition coefficient (Wildman–Crippen LogP) is 2.74. The summed E-state index contributed by atoms with van der Waals surface area (Å²) in [6, 6.07) is 1.27. The first-order valence-corrected chi connectivity index (χ1v) is 8.21. The van der Waals surface area contributed by atoms with Crippen molar-refractivity contribution in [1.29, 1.82) is 0 Å². The minimum atomic E-state index is 0.462. The van der Waals surface area contributed by atoms with E-state index in [1.165, 1.54) is 38.5 Å². The van der Waals surface area contributed by atoms with Gasteiger partial charge >= 0.3 is 0 Å². The van der Waals surface area contributed by atoms with Crippen LogP contribution in [0.1, 0.15) is 52.4 Å². The summed E-state index contributed by atoms with van der Waals surface area (Å²) < 4.78 is 11.5. The lowest BCUT2D eigenvalue weighted by molar-refractivity contribution is -0.133. The first kappa shape index (κ1) is 13.8. The molecule has 0 aromatic rings. The second-order valence-corrected chi connectivity index (χ2v) is 6.75. The molecule has 1 saturated heterocycles. The van der Waals surface area contributed by atoms with Crippen molar-refractivity contribution in [3.05, 3.63) is 0 Å². The summed E-state index contributed by atoms with van der Waals surface area (Å²) in [7, 11) is 0. The van der Waals surface area contributed by atoms with E-state index in [4.69, 9.17) is 9.47 Å². The second kappa shape index (κ2) is 5.71. The van der Waals surface area contributed by atoms with Crippen molar-refractivity contribution >= 4 is 0 Å². The molecule has 4 atom stereocenters. The zero-order chi connectivity index (χ0) is 13.3. The quantitative estimate of drug-likeness (QED) is 0.831. The lowest BCUT2D eigenvalue weighted by Crippen LogP contribution is -2.64. The van der Waals surface area contributed by atoms with Crippen LogP contribution in [0.25, 0.3) is 0 Å². The standard InChI is InChI=1S/C16H29NO2/c1-3-19-15-10-14(16(15)7-4-5-8-16)17-12(2)13-6-9-18-11-13/h12-15,17H,3-11H2,1-2H3. The third-order valence-electron chi connectivity index (χ3n) is 5.82. The van der Waals surface area contributed by atoms with Gasteiger partial charge in [-0.25, -0.2) is 0 Å². The molecule has 0 aromatic heterocycles. The maximum absolute atomic E-state index is 5.99. The minimum absolute atomic E-state index is 0.462. The van der Waals surface area contributed by atoms with Crippen LogP contribution < -0.4 is 5.32 Å². The van der Waals surface area contributed by atoms with E-state index in [0.29, 0.717) is 29.5 Å². The third-order valence-corrected chi connectivity index (χ3v) is 5.82. The predicted molar refractivity (Wildman–Crippen MR) is 76.2 cm³/mol. The summed E-state index contributed by atoms with van der Waals surface area (Å²) in [5.41, 5.74) is 0.462. The fourth-order valence-electron chi connectivity index (χ4n) is 4.52. The summed E-state index contributed by atoms with van der Waals surface area (Å²) in [6.07, 6.45) is 8.47. The molecule has 3 heteroatoms. The molecule has 4 unspecified atom stereocenters. The first-order valence-electron chi connectivity index (χ1n) is 8.21. The molecule has 0 aromatic carbocycles. The van der Waals surface area contributed by atoms with Crippen molar-refractivity contribution < 1.29 is 9.47 Å². The van der Waals surface area contributed by atoms with Gasteiger partial charge in [0.2, 0.25) is 0 Å². The van der Waals surface area contributed by atoms with E-state index in [2.05, 4.69) is 19.2 Å². The Hall–Kier alpha value is -0.120. The molecule has 1 N–H and O–H groups in total. The number of hydrogen-bond acceptors (Lipinski definition) is 3. The van der Waals surface area contributed by atoms with Crippen LogP contribution in [0.2, 0.25) is 0 Å². The van der Waals surface area contributed by atoms with E-state index in [0.717, 1.165) is 19.8 Å². The number of hydrogen-bond donors (Lipinski definition) is 1. The summed E-state index contributed by atoms with van der Waals surface area (Å²) >= 11 is 0. The van der Waals surface area contributed by atoms with E-state index in [9.17, 15) is 0 Å². The summed E-state index contributed by atoms with van der Waals surface area (Å²) in [5.74, 6) is 0.713. The Morgan fingerprint density at radius 3 is 2.79 bits per heavy atom. The number of nitrogens with one attached hydrogen (secondary N) is 1. The molecule has 0 amide bonds. The van der Waals surface area contributed by atoms with Crippen LogP contribution in [-0.2, 0) is 9.47 Å². The average molecular weight is 267 g/mol. The van der Waals surface area contributed by atoms with Crippen LogP contribution in [0.5, 0.6) is 0 Å². The normalized spacial score (nSPS) is 38.5. The van der Waals surface area contributed by atoms with Crippen molar-refractivity contribution in [2.45, 2.75) is 70.6 Å². The smallest absolute Gasteiger partial charge is 0.0661 e. The van der Waals surface area contributed by atoms with Crippen molar-refractivity contribution in [1.82, 2.24) is 5.32 Å². The van der Waals surface area contributed by atoms with E-state index in [1.54, 1.807) is 0 Å². The molecule has 2 aliphatic carbocycles. The molecular formula is C16H29NO2. The van der Waals surface area contributed by atoms with Gasteiger partial charge in [0.1, 0.15) is 0 Å². The van der Waals surface area contributed by atoms with Gasteiger partial charge in [-0.05, 0) is 45.4 Å². The van der Waals surface area contributed by atoms with Gasteiger partial charge in [0, 0.05) is 30.7 Å². The van der Waals surface area contributed by atoms with E-state index >= 15 is 0 Å². The molecule has 0 bridgehead atoms. The topological polar surface area (TPSA) is 30.5 Å². The molecule has 1 aliphatic heterocycles. The largest absolute Gasteiger partial charge is 0.381 e. The molecule has 3 nitrogen and oxygen atoms in total. The van der Waals surface area contributed by atoms with Crippen molar-refractivity contribution in [2.24, 2.45) is 11.3 Å². The molecule has 2 saturated carbocycles. The van der Waals surface area contributed by atoms with Gasteiger partial charge in [0.05, 0.1) is 12.7 Å². The maximum atomic E-state index is 5.99. The highest BCUT2D eigenvalue weighted by atomic mass is 16.5. The van der Waals surface area contributed by atoms with Gasteiger partial charge in [0.15, 0.2) is 0 Å². The van der Waals surface area contributed by atoms with Gasteiger partial charge < -0.3 is 14.8 Å². The van der Waals surface area contributed by atoms with E-state index in [1.807, 2.05) is 0 Å². The Kier molecular flexibility index (Phi) is 4.16. The molecule has 3 fully saturated rings. The Morgan fingerprint density at radius 2 is 2.16 bits per heavy atom. The second-order valence-electron chi connectivity index (χ2n) is 6.75. The van der Waals surface area contributed by atoms with Crippen LogP contribution in [0.4, 0.5) is 0 Å². The molecule has 3 rings (SSSR count). The Morgan fingerprint density at radius 1 is 1.37 bits per heavy atom. The number of ether oxygens (including phenoxy) is 2. The van der Waals surface area contributed by atoms with Gasteiger partial charge in [-0.15, -0.1) is 0 Å². The summed E-state index contributed by atoms with van der Waals surface area (Å²) in [6.45, 7) is 7.24. The maximum Gasteiger partial charge on any atom is 0.0661 e. The van der Waals surface area contributed by atoms with Crippen LogP contribution >= 0.6 is 0 Å². The summed E-state index contributed by atoms with van der Waals surface area (Å²) in [5, 5.41) is 3.92. The van der Waals surface area contributed by atoms with Gasteiger partial charge in [-0.1, -0.05) is 12.8 Å². The molecule has 0 radical (unpaired) electrons. The van der Waals surface area contributed by atoms with Crippen LogP contribution in [0, 0.1) is 11.3 Å². The SMILES string of the molecule is CCOC1CC(NC(C)C2CCOC2)C12CCCC2. The summed E-state index contributed by atoms with van der Waals surface area (Å²) in [4.78, 5) is 0. The fourth-order valence-corrected chi connectivity index (χ4v) is 4.52. The lowest BCUT2D eigenvalue weighted by Gasteiger charge is -2.55. The fraction of sp³-hybridized carbons (Fsp3) is 1.00. The zero-order valence-electron chi connectivity index (χ0n) is 12.5. The number of rotatable bonds is 5. The molecule has 3 aliphatic rings. The van der Waals surface area contributed by atoms with Crippen LogP contribution in [0.15, 0.2) is 0 Å². The molecule has 1 spiro atoms. The van der Waals surface area contributed by atoms with Gasteiger partial charge in [-0.2, -0.15) is 0 Å². The van der Waals surface area contributed by atoms with Crippen molar-refractivity contribution in [3.8, 4) is 0 Å². The highest BCUT2D eigenvalue weighted by molar-refractivity contribution is 5.10. The van der Waals surface area contributed by atoms with Crippen LogP contribution in [-0.4, -0.2) is 38.0 Å². The molecule has 1 heterocycles. The Balaban J connectivity index is 1.58. The Labute approximate surface area is 117 Å². The van der Waals surface area contributed by atoms with Crippen molar-refractivity contribution in [3.63, 3.8) is 0 Å². The van der Waals surface area contributed by atoms with Gasteiger partial charge in [0.25, 0.3) is 0 Å². The van der Waals surface area contributed by atoms with Crippen LogP contribution in [0.3, 0.4) is 0 Å². The van der Waals surface area contributed by atoms with E-state index in [-0.39, 0.29) is 0 Å². The molecular weight excluding hydrogens is 238 g/mol. The zero-order valence-corrected chi connectivity index (χ0v) is 12.5. The highest BCUT2D eigenvalue weighted by Crippen LogP contribution is 2.55. The highest BCUT2D eigenvalue weighted by Gasteiger charge is 2.56. The molecule has 19 heavy (non-hydrogen) atoms. The Bertz CT molecular complexity index is 295. The van der Waals surface area contributed by atoms with Gasteiger partial charge in [-0.3, -0.25) is 0 Å². The molecule has 110 valence electrons. The lowest BCUT2D eigenvalue weighted by atomic mass is 9.60. The first-order chi connectivity index (χ1) is 9.26. The average Bonchev–Trinajstić information content (AvgIpc) is 3.09. The minimum Gasteiger partial charge on any atom is -0.381 e. The monoisotopic (exact) mass is 267 g/mol.